The van der Waals surface area contributed by atoms with Crippen LogP contribution in [-0.4, -0.2) is 13.1 Å². The summed E-state index contributed by atoms with van der Waals surface area (Å²) in [7, 11) is 1.40. The zero-order valence-corrected chi connectivity index (χ0v) is 11.1. The van der Waals surface area contributed by atoms with E-state index in [1.165, 1.54) is 7.11 Å². The predicted molar refractivity (Wildman–Crippen MR) is 69.5 cm³/mol. The topological polar surface area (TPSA) is 52.3 Å². The first-order chi connectivity index (χ1) is 7.61. The lowest BCUT2D eigenvalue weighted by atomic mass is 9.81. The zero-order chi connectivity index (χ0) is 11.7. The Balaban J connectivity index is 0.00000144. The Labute approximate surface area is 112 Å². The lowest BCUT2D eigenvalue weighted by Gasteiger charge is -2.27. The Morgan fingerprint density at radius 2 is 2.24 bits per heavy atom. The van der Waals surface area contributed by atoms with Crippen molar-refractivity contribution in [3.63, 3.8) is 0 Å². The van der Waals surface area contributed by atoms with E-state index in [9.17, 15) is 4.79 Å². The SMILES string of the molecule is COC(=O)[C@H]1Cc2cc(Cl)ccc2[C@H](N)C1.Cl. The third-order valence-electron chi connectivity index (χ3n) is 3.04. The molecule has 94 valence electrons. The second-order valence-electron chi connectivity index (χ2n) is 4.11. The number of benzene rings is 1. The number of methoxy groups -OCH3 is 1. The minimum atomic E-state index is -0.193. The fourth-order valence-electron chi connectivity index (χ4n) is 2.24. The third-order valence-corrected chi connectivity index (χ3v) is 3.28. The molecule has 0 saturated heterocycles. The summed E-state index contributed by atoms with van der Waals surface area (Å²) in [6, 6.07) is 5.55. The molecule has 17 heavy (non-hydrogen) atoms. The van der Waals surface area contributed by atoms with Crippen LogP contribution in [0.5, 0.6) is 0 Å². The normalized spacial score (nSPS) is 22.3. The van der Waals surface area contributed by atoms with E-state index in [1.807, 2.05) is 18.2 Å². The molecule has 5 heteroatoms. The molecule has 1 aliphatic carbocycles. The van der Waals surface area contributed by atoms with Crippen LogP contribution in [-0.2, 0) is 16.0 Å². The van der Waals surface area contributed by atoms with Crippen LogP contribution < -0.4 is 5.73 Å². The molecule has 2 atom stereocenters. The number of hydrogen-bond acceptors (Lipinski definition) is 3. The molecule has 2 N–H and O–H groups in total. The van der Waals surface area contributed by atoms with Gasteiger partial charge < -0.3 is 10.5 Å². The molecule has 0 aromatic heterocycles. The smallest absolute Gasteiger partial charge is 0.309 e. The molecule has 1 aliphatic rings. The molecule has 0 aliphatic heterocycles. The van der Waals surface area contributed by atoms with Gasteiger partial charge in [0.05, 0.1) is 13.0 Å². The average Bonchev–Trinajstić information content (AvgIpc) is 2.27. The Hall–Kier alpha value is -0.770. The highest BCUT2D eigenvalue weighted by Gasteiger charge is 2.29. The van der Waals surface area contributed by atoms with Crippen molar-refractivity contribution in [1.82, 2.24) is 0 Å². The number of ether oxygens (including phenoxy) is 1. The van der Waals surface area contributed by atoms with Crippen molar-refractivity contribution in [3.8, 4) is 0 Å². The lowest BCUT2D eigenvalue weighted by Crippen LogP contribution is -2.29. The molecule has 0 bridgehead atoms. The maximum absolute atomic E-state index is 11.5. The Bertz CT molecular complexity index is 423. The minimum absolute atomic E-state index is 0. The van der Waals surface area contributed by atoms with E-state index in [-0.39, 0.29) is 30.3 Å². The van der Waals surface area contributed by atoms with Gasteiger partial charge in [-0.25, -0.2) is 0 Å². The van der Waals surface area contributed by atoms with Crippen LogP contribution >= 0.6 is 24.0 Å². The third kappa shape index (κ3) is 2.92. The van der Waals surface area contributed by atoms with E-state index in [2.05, 4.69) is 0 Å². The first-order valence-corrected chi connectivity index (χ1v) is 5.61. The zero-order valence-electron chi connectivity index (χ0n) is 9.48. The Kier molecular flexibility index (Phi) is 4.80. The highest BCUT2D eigenvalue weighted by atomic mass is 35.5. The van der Waals surface area contributed by atoms with Crippen LogP contribution in [0.1, 0.15) is 23.6 Å². The predicted octanol–water partition coefficient (Wildman–Crippen LogP) is 2.50. The maximum Gasteiger partial charge on any atom is 0.309 e. The van der Waals surface area contributed by atoms with Crippen molar-refractivity contribution in [1.29, 1.82) is 0 Å². The summed E-state index contributed by atoms with van der Waals surface area (Å²) in [4.78, 5) is 11.5. The first-order valence-electron chi connectivity index (χ1n) is 5.23. The Morgan fingerprint density at radius 1 is 1.53 bits per heavy atom. The molecule has 0 fully saturated rings. The molecule has 1 aromatic rings. The summed E-state index contributed by atoms with van der Waals surface area (Å²) in [5.41, 5.74) is 8.17. The van der Waals surface area contributed by atoms with Crippen molar-refractivity contribution in [2.24, 2.45) is 11.7 Å². The summed E-state index contributed by atoms with van der Waals surface area (Å²) in [6.45, 7) is 0. The van der Waals surface area contributed by atoms with Gasteiger partial charge in [-0.15, -0.1) is 12.4 Å². The first kappa shape index (κ1) is 14.3. The van der Waals surface area contributed by atoms with Gasteiger partial charge in [0.25, 0.3) is 0 Å². The number of halogens is 2. The van der Waals surface area contributed by atoms with Crippen LogP contribution in [0.15, 0.2) is 18.2 Å². The minimum Gasteiger partial charge on any atom is -0.469 e. The van der Waals surface area contributed by atoms with Crippen LogP contribution in [0.3, 0.4) is 0 Å². The lowest BCUT2D eigenvalue weighted by molar-refractivity contribution is -0.146. The number of carbonyl (C=O) groups excluding carboxylic acids is 1. The summed E-state index contributed by atoms with van der Waals surface area (Å²) in [6.07, 6.45) is 1.30. The van der Waals surface area contributed by atoms with E-state index < -0.39 is 0 Å². The van der Waals surface area contributed by atoms with Gasteiger partial charge in [0.15, 0.2) is 0 Å². The van der Waals surface area contributed by atoms with E-state index in [1.54, 1.807) is 0 Å². The van der Waals surface area contributed by atoms with Crippen molar-refractivity contribution in [2.45, 2.75) is 18.9 Å². The number of rotatable bonds is 1. The van der Waals surface area contributed by atoms with Crippen molar-refractivity contribution < 1.29 is 9.53 Å². The summed E-state index contributed by atoms with van der Waals surface area (Å²) in [5, 5.41) is 0.677. The highest BCUT2D eigenvalue weighted by Crippen LogP contribution is 2.33. The van der Waals surface area contributed by atoms with Gasteiger partial charge in [-0.3, -0.25) is 4.79 Å². The number of hydrogen-bond donors (Lipinski definition) is 1. The molecule has 0 spiro atoms. The standard InChI is InChI=1S/C12H14ClNO2.ClH/c1-16-12(15)8-4-7-5-9(13)2-3-10(7)11(14)6-8;/h2-3,5,8,11H,4,6,14H2,1H3;1H/t8-,11+;/m0./s1. The summed E-state index contributed by atoms with van der Waals surface area (Å²) < 4.78 is 4.76. The molecule has 2 rings (SSSR count). The molecule has 3 nitrogen and oxygen atoms in total. The van der Waals surface area contributed by atoms with E-state index in [0.29, 0.717) is 17.9 Å². The average molecular weight is 276 g/mol. The number of nitrogens with two attached hydrogens (primary N) is 1. The number of esters is 1. The maximum atomic E-state index is 11.5. The van der Waals surface area contributed by atoms with E-state index in [4.69, 9.17) is 22.1 Å². The largest absolute Gasteiger partial charge is 0.469 e. The Morgan fingerprint density at radius 3 is 2.88 bits per heavy atom. The molecule has 0 saturated carbocycles. The van der Waals surface area contributed by atoms with Gasteiger partial charge in [0, 0.05) is 11.1 Å². The molecule has 0 radical (unpaired) electrons. The van der Waals surface area contributed by atoms with Gasteiger partial charge in [0.2, 0.25) is 0 Å². The quantitative estimate of drug-likeness (QED) is 0.802. The van der Waals surface area contributed by atoms with Gasteiger partial charge >= 0.3 is 5.97 Å². The second kappa shape index (κ2) is 5.71. The fourth-order valence-corrected chi connectivity index (χ4v) is 2.44. The van der Waals surface area contributed by atoms with E-state index in [0.717, 1.165) is 11.1 Å². The van der Waals surface area contributed by atoms with E-state index >= 15 is 0 Å². The fraction of sp³-hybridized carbons (Fsp3) is 0.417. The number of fused-ring (bicyclic) bond motifs is 1. The highest BCUT2D eigenvalue weighted by molar-refractivity contribution is 6.30. The second-order valence-corrected chi connectivity index (χ2v) is 4.55. The van der Waals surface area contributed by atoms with Crippen LogP contribution in [0, 0.1) is 5.92 Å². The molecule has 0 amide bonds. The summed E-state index contributed by atoms with van der Waals surface area (Å²) in [5.74, 6) is -0.341. The number of carbonyl (C=O) groups is 1. The van der Waals surface area contributed by atoms with Crippen LogP contribution in [0.4, 0.5) is 0 Å². The van der Waals surface area contributed by atoms with Gasteiger partial charge in [-0.1, -0.05) is 17.7 Å². The summed E-state index contributed by atoms with van der Waals surface area (Å²) >= 11 is 5.93. The molecule has 0 heterocycles. The molecular formula is C12H15Cl2NO2. The molecular weight excluding hydrogens is 261 g/mol. The molecule has 1 aromatic carbocycles. The monoisotopic (exact) mass is 275 g/mol. The van der Waals surface area contributed by atoms with Crippen molar-refractivity contribution in [2.75, 3.05) is 7.11 Å². The van der Waals surface area contributed by atoms with Crippen molar-refractivity contribution in [3.05, 3.63) is 34.3 Å². The van der Waals surface area contributed by atoms with Crippen molar-refractivity contribution >= 4 is 30.0 Å². The van der Waals surface area contributed by atoms with Crippen LogP contribution in [0.25, 0.3) is 0 Å². The van der Waals surface area contributed by atoms with Gasteiger partial charge in [-0.05, 0) is 36.1 Å². The molecule has 0 unspecified atom stereocenters. The van der Waals surface area contributed by atoms with Crippen LogP contribution in [0.2, 0.25) is 5.02 Å². The van der Waals surface area contributed by atoms with Gasteiger partial charge in [-0.2, -0.15) is 0 Å². The van der Waals surface area contributed by atoms with Gasteiger partial charge in [0.1, 0.15) is 0 Å².